The quantitative estimate of drug-likeness (QED) is 0.721. The van der Waals surface area contributed by atoms with Crippen LogP contribution in [-0.2, 0) is 9.59 Å². The molecule has 7 heteroatoms. The predicted molar refractivity (Wildman–Crippen MR) is 96.7 cm³/mol. The molecule has 24 heavy (non-hydrogen) atoms. The second-order valence-electron chi connectivity index (χ2n) is 5.24. The molecule has 0 saturated carbocycles. The van der Waals surface area contributed by atoms with E-state index in [0.717, 1.165) is 10.0 Å². The number of carbonyl (C=O) groups excluding carboxylic acids is 2. The maximum absolute atomic E-state index is 13.8. The highest BCUT2D eigenvalue weighted by molar-refractivity contribution is 9.10. The number of halogens is 2. The highest BCUT2D eigenvalue weighted by Gasteiger charge is 2.08. The molecule has 0 atom stereocenters. The van der Waals surface area contributed by atoms with Gasteiger partial charge in [0.05, 0.1) is 12.2 Å². The summed E-state index contributed by atoms with van der Waals surface area (Å²) in [6, 6.07) is 9.62. The van der Waals surface area contributed by atoms with E-state index in [4.69, 9.17) is 0 Å². The van der Waals surface area contributed by atoms with E-state index < -0.39 is 5.82 Å². The Balaban J connectivity index is 1.99. The van der Waals surface area contributed by atoms with Crippen LogP contribution in [0.1, 0.15) is 12.5 Å². The minimum Gasteiger partial charge on any atom is -0.374 e. The molecule has 0 heterocycles. The summed E-state index contributed by atoms with van der Waals surface area (Å²) >= 11 is 3.36. The van der Waals surface area contributed by atoms with Crippen LogP contribution in [0.3, 0.4) is 0 Å². The Kier molecular flexibility index (Phi) is 5.92. The average molecular weight is 394 g/mol. The SMILES string of the molecule is CC(=O)Nc1ccc(F)c(NCC(=O)Nc2ccc(Br)cc2C)c1. The Morgan fingerprint density at radius 1 is 1.08 bits per heavy atom. The lowest BCUT2D eigenvalue weighted by Gasteiger charge is -2.12. The number of benzene rings is 2. The Morgan fingerprint density at radius 2 is 1.83 bits per heavy atom. The van der Waals surface area contributed by atoms with Gasteiger partial charge in [-0.3, -0.25) is 9.59 Å². The maximum Gasteiger partial charge on any atom is 0.243 e. The Morgan fingerprint density at radius 3 is 2.50 bits per heavy atom. The lowest BCUT2D eigenvalue weighted by molar-refractivity contribution is -0.115. The van der Waals surface area contributed by atoms with E-state index in [1.807, 2.05) is 19.1 Å². The summed E-state index contributed by atoms with van der Waals surface area (Å²) in [6.07, 6.45) is 0. The molecule has 0 saturated heterocycles. The lowest BCUT2D eigenvalue weighted by atomic mass is 10.2. The summed E-state index contributed by atoms with van der Waals surface area (Å²) in [5.41, 5.74) is 2.20. The number of carbonyl (C=O) groups is 2. The van der Waals surface area contributed by atoms with Crippen molar-refractivity contribution in [3.05, 3.63) is 52.3 Å². The topological polar surface area (TPSA) is 70.2 Å². The van der Waals surface area contributed by atoms with Gasteiger partial charge in [0.1, 0.15) is 5.82 Å². The molecule has 0 unspecified atom stereocenters. The minimum absolute atomic E-state index is 0.101. The number of nitrogens with one attached hydrogen (secondary N) is 3. The summed E-state index contributed by atoms with van der Waals surface area (Å²) in [5, 5.41) is 8.05. The van der Waals surface area contributed by atoms with Gasteiger partial charge in [-0.15, -0.1) is 0 Å². The fourth-order valence-corrected chi connectivity index (χ4v) is 2.55. The van der Waals surface area contributed by atoms with Crippen LogP contribution in [0, 0.1) is 12.7 Å². The lowest BCUT2D eigenvalue weighted by Crippen LogP contribution is -2.22. The van der Waals surface area contributed by atoms with Crippen molar-refractivity contribution >= 4 is 44.8 Å². The number of amides is 2. The van der Waals surface area contributed by atoms with Gasteiger partial charge in [-0.1, -0.05) is 15.9 Å². The first kappa shape index (κ1) is 17.9. The van der Waals surface area contributed by atoms with Crippen LogP contribution in [0.25, 0.3) is 0 Å². The van der Waals surface area contributed by atoms with Crippen LogP contribution >= 0.6 is 15.9 Å². The monoisotopic (exact) mass is 393 g/mol. The van der Waals surface area contributed by atoms with Gasteiger partial charge in [0.25, 0.3) is 0 Å². The van der Waals surface area contributed by atoms with Crippen molar-refractivity contribution in [2.75, 3.05) is 22.5 Å². The molecule has 0 spiro atoms. The molecule has 3 N–H and O–H groups in total. The molecule has 0 aliphatic carbocycles. The normalized spacial score (nSPS) is 10.2. The van der Waals surface area contributed by atoms with Gasteiger partial charge in [-0.05, 0) is 48.9 Å². The van der Waals surface area contributed by atoms with E-state index in [0.29, 0.717) is 11.4 Å². The number of hydrogen-bond acceptors (Lipinski definition) is 3. The summed E-state index contributed by atoms with van der Waals surface area (Å²) in [7, 11) is 0. The molecule has 0 aliphatic rings. The van der Waals surface area contributed by atoms with Gasteiger partial charge in [0, 0.05) is 22.8 Å². The standard InChI is InChI=1S/C17H17BrFN3O2/c1-10-7-12(18)3-6-15(10)22-17(24)9-20-16-8-13(21-11(2)23)4-5-14(16)19/h3-8,20H,9H2,1-2H3,(H,21,23)(H,22,24). The fraction of sp³-hybridized carbons (Fsp3) is 0.176. The summed E-state index contributed by atoms with van der Waals surface area (Å²) < 4.78 is 14.7. The van der Waals surface area contributed by atoms with Gasteiger partial charge >= 0.3 is 0 Å². The predicted octanol–water partition coefficient (Wildman–Crippen LogP) is 3.91. The van der Waals surface area contributed by atoms with Crippen molar-refractivity contribution < 1.29 is 14.0 Å². The zero-order valence-corrected chi connectivity index (χ0v) is 14.8. The molecule has 5 nitrogen and oxygen atoms in total. The second kappa shape index (κ2) is 7.92. The molecule has 0 aliphatic heterocycles. The number of rotatable bonds is 5. The number of aryl methyl sites for hydroxylation is 1. The van der Waals surface area contributed by atoms with E-state index in [1.165, 1.54) is 25.1 Å². The maximum atomic E-state index is 13.8. The van der Waals surface area contributed by atoms with E-state index in [2.05, 4.69) is 31.9 Å². The van der Waals surface area contributed by atoms with Crippen molar-refractivity contribution in [3.63, 3.8) is 0 Å². The van der Waals surface area contributed by atoms with Crippen molar-refractivity contribution in [1.29, 1.82) is 0 Å². The molecule has 2 aromatic rings. The second-order valence-corrected chi connectivity index (χ2v) is 6.15. The van der Waals surface area contributed by atoms with E-state index in [9.17, 15) is 14.0 Å². The third-order valence-electron chi connectivity index (χ3n) is 3.19. The number of anilines is 3. The van der Waals surface area contributed by atoms with Crippen LogP contribution in [0.4, 0.5) is 21.5 Å². The first-order chi connectivity index (χ1) is 11.3. The van der Waals surface area contributed by atoms with E-state index >= 15 is 0 Å². The molecule has 0 fully saturated rings. The molecule has 2 aromatic carbocycles. The Hall–Kier alpha value is -2.41. The van der Waals surface area contributed by atoms with Crippen LogP contribution in [-0.4, -0.2) is 18.4 Å². The Bertz CT molecular complexity index is 780. The third kappa shape index (κ3) is 5.06. The average Bonchev–Trinajstić information content (AvgIpc) is 2.50. The highest BCUT2D eigenvalue weighted by atomic mass is 79.9. The van der Waals surface area contributed by atoms with Crippen molar-refractivity contribution in [2.24, 2.45) is 0 Å². The van der Waals surface area contributed by atoms with Gasteiger partial charge in [0.15, 0.2) is 0 Å². The van der Waals surface area contributed by atoms with E-state index in [-0.39, 0.29) is 24.0 Å². The van der Waals surface area contributed by atoms with Crippen LogP contribution in [0.5, 0.6) is 0 Å². The molecule has 0 radical (unpaired) electrons. The molecule has 2 rings (SSSR count). The van der Waals surface area contributed by atoms with Crippen LogP contribution < -0.4 is 16.0 Å². The third-order valence-corrected chi connectivity index (χ3v) is 3.68. The number of hydrogen-bond donors (Lipinski definition) is 3. The molecule has 0 aromatic heterocycles. The Labute approximate surface area is 147 Å². The molecular weight excluding hydrogens is 377 g/mol. The van der Waals surface area contributed by atoms with Gasteiger partial charge in [-0.2, -0.15) is 0 Å². The van der Waals surface area contributed by atoms with Crippen LogP contribution in [0.15, 0.2) is 40.9 Å². The van der Waals surface area contributed by atoms with Gasteiger partial charge in [0.2, 0.25) is 11.8 Å². The zero-order chi connectivity index (χ0) is 17.7. The minimum atomic E-state index is -0.503. The first-order valence-electron chi connectivity index (χ1n) is 7.22. The van der Waals surface area contributed by atoms with Crippen LogP contribution in [0.2, 0.25) is 0 Å². The van der Waals surface area contributed by atoms with E-state index in [1.54, 1.807) is 6.07 Å². The molecular formula is C17H17BrFN3O2. The fourth-order valence-electron chi connectivity index (χ4n) is 2.08. The zero-order valence-electron chi connectivity index (χ0n) is 13.2. The van der Waals surface area contributed by atoms with Crippen molar-refractivity contribution in [1.82, 2.24) is 0 Å². The first-order valence-corrected chi connectivity index (χ1v) is 8.01. The molecule has 126 valence electrons. The summed E-state index contributed by atoms with van der Waals surface area (Å²) in [4.78, 5) is 23.1. The van der Waals surface area contributed by atoms with Gasteiger partial charge in [-0.25, -0.2) is 4.39 Å². The largest absolute Gasteiger partial charge is 0.374 e. The molecule has 0 bridgehead atoms. The van der Waals surface area contributed by atoms with Gasteiger partial charge < -0.3 is 16.0 Å². The van der Waals surface area contributed by atoms with Crippen molar-refractivity contribution in [3.8, 4) is 0 Å². The summed E-state index contributed by atoms with van der Waals surface area (Å²) in [6.45, 7) is 3.14. The highest BCUT2D eigenvalue weighted by Crippen LogP contribution is 2.21. The summed E-state index contributed by atoms with van der Waals surface area (Å²) in [5.74, 6) is -1.06. The van der Waals surface area contributed by atoms with Crippen molar-refractivity contribution in [2.45, 2.75) is 13.8 Å². The molecule has 2 amide bonds. The smallest absolute Gasteiger partial charge is 0.243 e.